The molecule has 5 nitrogen and oxygen atoms in total. The summed E-state index contributed by atoms with van der Waals surface area (Å²) >= 11 is 0. The van der Waals surface area contributed by atoms with Crippen LogP contribution in [-0.4, -0.2) is 16.3 Å². The van der Waals surface area contributed by atoms with Gasteiger partial charge >= 0.3 is 0 Å². The lowest BCUT2D eigenvalue weighted by Crippen LogP contribution is -1.97. The van der Waals surface area contributed by atoms with Gasteiger partial charge in [-0.1, -0.05) is 24.3 Å². The summed E-state index contributed by atoms with van der Waals surface area (Å²) in [5.74, 6) is 0.628. The fourth-order valence-electron chi connectivity index (χ4n) is 2.15. The minimum absolute atomic E-state index is 0.383. The number of carbonyl (C=O) groups is 1. The molecule has 0 saturated carbocycles. The van der Waals surface area contributed by atoms with Gasteiger partial charge < -0.3 is 5.32 Å². The molecule has 0 radical (unpaired) electrons. The van der Waals surface area contributed by atoms with Crippen LogP contribution in [0.3, 0.4) is 0 Å². The summed E-state index contributed by atoms with van der Waals surface area (Å²) in [6, 6.07) is 18.4. The average molecular weight is 300 g/mol. The lowest BCUT2D eigenvalue weighted by Gasteiger charge is -2.11. The van der Waals surface area contributed by atoms with Gasteiger partial charge in [0.1, 0.15) is 17.6 Å². The standard InChI is InChI=1S/C18H12N4O/c19-10-13-8-9-18(20-11-13)22-17-6-2-1-5-15(17)16-7-3-4-14(12-23)21-16/h1-9,11-12H,(H,20,22). The summed E-state index contributed by atoms with van der Waals surface area (Å²) in [6.07, 6.45) is 2.23. The van der Waals surface area contributed by atoms with Crippen LogP contribution in [0.15, 0.2) is 60.8 Å². The second-order valence-corrected chi connectivity index (χ2v) is 4.78. The Morgan fingerprint density at radius 3 is 2.65 bits per heavy atom. The summed E-state index contributed by atoms with van der Waals surface area (Å²) < 4.78 is 0. The largest absolute Gasteiger partial charge is 0.340 e. The quantitative estimate of drug-likeness (QED) is 0.745. The van der Waals surface area contributed by atoms with Crippen LogP contribution in [0.4, 0.5) is 11.5 Å². The Kier molecular flexibility index (Phi) is 4.07. The summed E-state index contributed by atoms with van der Waals surface area (Å²) in [5.41, 5.74) is 3.27. The van der Waals surface area contributed by atoms with Crippen molar-refractivity contribution in [2.24, 2.45) is 0 Å². The first-order valence-electron chi connectivity index (χ1n) is 6.95. The van der Waals surface area contributed by atoms with Crippen molar-refractivity contribution in [3.63, 3.8) is 0 Å². The molecule has 2 heterocycles. The lowest BCUT2D eigenvalue weighted by atomic mass is 10.1. The van der Waals surface area contributed by atoms with E-state index in [0.717, 1.165) is 17.5 Å². The van der Waals surface area contributed by atoms with E-state index >= 15 is 0 Å². The van der Waals surface area contributed by atoms with E-state index in [-0.39, 0.29) is 0 Å². The molecule has 0 aliphatic rings. The Morgan fingerprint density at radius 1 is 1.04 bits per heavy atom. The summed E-state index contributed by atoms with van der Waals surface area (Å²) in [7, 11) is 0. The van der Waals surface area contributed by atoms with E-state index in [9.17, 15) is 4.79 Å². The predicted molar refractivity (Wildman–Crippen MR) is 87.3 cm³/mol. The number of aldehydes is 1. The van der Waals surface area contributed by atoms with Gasteiger partial charge in [0.05, 0.1) is 11.3 Å². The van der Waals surface area contributed by atoms with Gasteiger partial charge in [-0.05, 0) is 30.3 Å². The van der Waals surface area contributed by atoms with E-state index in [4.69, 9.17) is 5.26 Å². The van der Waals surface area contributed by atoms with Crippen molar-refractivity contribution in [3.05, 3.63) is 72.1 Å². The van der Waals surface area contributed by atoms with E-state index in [1.54, 1.807) is 24.3 Å². The molecule has 0 bridgehead atoms. The van der Waals surface area contributed by atoms with Crippen LogP contribution in [0.1, 0.15) is 16.1 Å². The van der Waals surface area contributed by atoms with Crippen molar-refractivity contribution in [1.82, 2.24) is 9.97 Å². The first kappa shape index (κ1) is 14.4. The number of nitrogens with zero attached hydrogens (tertiary/aromatic N) is 3. The molecule has 1 N–H and O–H groups in total. The molecule has 0 amide bonds. The van der Waals surface area contributed by atoms with Gasteiger partial charge in [0.2, 0.25) is 0 Å². The Bertz CT molecular complexity index is 882. The number of carbonyl (C=O) groups excluding carboxylic acids is 1. The van der Waals surface area contributed by atoms with Gasteiger partial charge in [0.25, 0.3) is 0 Å². The molecule has 110 valence electrons. The van der Waals surface area contributed by atoms with Crippen molar-refractivity contribution in [1.29, 1.82) is 5.26 Å². The molecule has 0 saturated heterocycles. The van der Waals surface area contributed by atoms with Crippen LogP contribution in [0.2, 0.25) is 0 Å². The number of benzene rings is 1. The molecule has 0 aliphatic heterocycles. The van der Waals surface area contributed by atoms with Crippen LogP contribution in [-0.2, 0) is 0 Å². The van der Waals surface area contributed by atoms with E-state index < -0.39 is 0 Å². The van der Waals surface area contributed by atoms with Crippen molar-refractivity contribution in [2.45, 2.75) is 0 Å². The number of nitriles is 1. The highest BCUT2D eigenvalue weighted by atomic mass is 16.1. The zero-order valence-electron chi connectivity index (χ0n) is 12.1. The molecule has 23 heavy (non-hydrogen) atoms. The molecule has 0 atom stereocenters. The average Bonchev–Trinajstić information content (AvgIpc) is 2.63. The topological polar surface area (TPSA) is 78.7 Å². The van der Waals surface area contributed by atoms with E-state index in [1.807, 2.05) is 36.4 Å². The maximum absolute atomic E-state index is 10.9. The number of hydrogen-bond donors (Lipinski definition) is 1. The van der Waals surface area contributed by atoms with E-state index in [0.29, 0.717) is 22.8 Å². The van der Waals surface area contributed by atoms with Gasteiger partial charge in [0, 0.05) is 17.4 Å². The highest BCUT2D eigenvalue weighted by Gasteiger charge is 2.07. The zero-order valence-corrected chi connectivity index (χ0v) is 12.1. The normalized spacial score (nSPS) is 9.87. The molecular formula is C18H12N4O. The smallest absolute Gasteiger partial charge is 0.168 e. The van der Waals surface area contributed by atoms with Crippen molar-refractivity contribution in [2.75, 3.05) is 5.32 Å². The summed E-state index contributed by atoms with van der Waals surface area (Å²) in [5, 5.41) is 12.0. The van der Waals surface area contributed by atoms with Gasteiger partial charge in [-0.2, -0.15) is 5.26 Å². The van der Waals surface area contributed by atoms with Crippen molar-refractivity contribution < 1.29 is 4.79 Å². The summed E-state index contributed by atoms with van der Waals surface area (Å²) in [6.45, 7) is 0. The highest BCUT2D eigenvalue weighted by molar-refractivity contribution is 5.80. The molecule has 0 aliphatic carbocycles. The molecular weight excluding hydrogens is 288 g/mol. The van der Waals surface area contributed by atoms with Gasteiger partial charge in [-0.25, -0.2) is 9.97 Å². The Balaban J connectivity index is 1.97. The second kappa shape index (κ2) is 6.50. The third-order valence-electron chi connectivity index (χ3n) is 3.25. The predicted octanol–water partition coefficient (Wildman–Crippen LogP) is 3.57. The molecule has 2 aromatic heterocycles. The van der Waals surface area contributed by atoms with Crippen molar-refractivity contribution in [3.8, 4) is 17.3 Å². The second-order valence-electron chi connectivity index (χ2n) is 4.78. The molecule has 3 rings (SSSR count). The number of aromatic nitrogens is 2. The minimum atomic E-state index is 0.383. The number of rotatable bonds is 4. The van der Waals surface area contributed by atoms with Crippen LogP contribution in [0.5, 0.6) is 0 Å². The lowest BCUT2D eigenvalue weighted by molar-refractivity contribution is 0.111. The number of hydrogen-bond acceptors (Lipinski definition) is 5. The Labute approximate surface area is 133 Å². The fraction of sp³-hybridized carbons (Fsp3) is 0. The third-order valence-corrected chi connectivity index (χ3v) is 3.25. The zero-order chi connectivity index (χ0) is 16.1. The SMILES string of the molecule is N#Cc1ccc(Nc2ccccc2-c2cccc(C=O)n2)nc1. The number of pyridine rings is 2. The van der Waals surface area contributed by atoms with Gasteiger partial charge in [0.15, 0.2) is 6.29 Å². The molecule has 0 fully saturated rings. The number of nitrogens with one attached hydrogen (secondary N) is 1. The molecule has 5 heteroatoms. The molecule has 0 spiro atoms. The van der Waals surface area contributed by atoms with Gasteiger partial charge in [-0.15, -0.1) is 0 Å². The highest BCUT2D eigenvalue weighted by Crippen LogP contribution is 2.28. The molecule has 1 aromatic carbocycles. The maximum Gasteiger partial charge on any atom is 0.168 e. The van der Waals surface area contributed by atoms with E-state index in [1.165, 1.54) is 6.20 Å². The monoisotopic (exact) mass is 300 g/mol. The fourth-order valence-corrected chi connectivity index (χ4v) is 2.15. The minimum Gasteiger partial charge on any atom is -0.340 e. The Hall–Kier alpha value is -3.52. The Morgan fingerprint density at radius 2 is 1.91 bits per heavy atom. The van der Waals surface area contributed by atoms with E-state index in [2.05, 4.69) is 15.3 Å². The molecule has 3 aromatic rings. The number of anilines is 2. The maximum atomic E-state index is 10.9. The van der Waals surface area contributed by atoms with Crippen LogP contribution in [0.25, 0.3) is 11.3 Å². The first-order valence-corrected chi connectivity index (χ1v) is 6.95. The van der Waals surface area contributed by atoms with Crippen LogP contribution >= 0.6 is 0 Å². The molecule has 0 unspecified atom stereocenters. The van der Waals surface area contributed by atoms with Crippen LogP contribution < -0.4 is 5.32 Å². The van der Waals surface area contributed by atoms with Crippen molar-refractivity contribution >= 4 is 17.8 Å². The van der Waals surface area contributed by atoms with Gasteiger partial charge in [-0.3, -0.25) is 4.79 Å². The van der Waals surface area contributed by atoms with Crippen LogP contribution in [0, 0.1) is 11.3 Å². The number of para-hydroxylation sites is 1. The first-order chi connectivity index (χ1) is 11.3. The summed E-state index contributed by atoms with van der Waals surface area (Å²) in [4.78, 5) is 19.4. The third kappa shape index (κ3) is 3.22.